The van der Waals surface area contributed by atoms with E-state index in [9.17, 15) is 23.1 Å². The summed E-state index contributed by atoms with van der Waals surface area (Å²) in [5.74, 6) is -2.50. The standard InChI is InChI=1S/C16H16F3NO2/c1-20(2)12-6-3-10(4-7-12)9-11-5-8-13(14(11)21)15(22)16(17,18)19/h3-4,6-7,9,21H,5,8H2,1-2H3/b11-9+. The van der Waals surface area contributed by atoms with Gasteiger partial charge in [-0.25, -0.2) is 0 Å². The maximum atomic E-state index is 12.4. The number of aliphatic hydroxyl groups excluding tert-OH is 1. The molecule has 1 aromatic rings. The van der Waals surface area contributed by atoms with E-state index in [0.29, 0.717) is 5.57 Å². The van der Waals surface area contributed by atoms with Gasteiger partial charge in [-0.2, -0.15) is 13.2 Å². The van der Waals surface area contributed by atoms with Crippen LogP contribution in [0, 0.1) is 0 Å². The summed E-state index contributed by atoms with van der Waals surface area (Å²) in [6.45, 7) is 0. The van der Waals surface area contributed by atoms with Crippen LogP contribution in [0.1, 0.15) is 18.4 Å². The second-order valence-corrected chi connectivity index (χ2v) is 5.31. The third-order valence-corrected chi connectivity index (χ3v) is 3.52. The van der Waals surface area contributed by atoms with Crippen molar-refractivity contribution in [1.82, 2.24) is 0 Å². The van der Waals surface area contributed by atoms with Gasteiger partial charge in [-0.3, -0.25) is 4.79 Å². The molecule has 2 rings (SSSR count). The molecule has 22 heavy (non-hydrogen) atoms. The Morgan fingerprint density at radius 1 is 1.18 bits per heavy atom. The molecule has 1 N–H and O–H groups in total. The minimum atomic E-state index is -4.95. The molecule has 0 radical (unpaired) electrons. The molecule has 1 aliphatic rings. The molecular formula is C16H16F3NO2. The number of aliphatic hydroxyl groups is 1. The molecule has 1 aromatic carbocycles. The number of benzene rings is 1. The number of hydrogen-bond acceptors (Lipinski definition) is 3. The summed E-state index contributed by atoms with van der Waals surface area (Å²) < 4.78 is 37.3. The van der Waals surface area contributed by atoms with Crippen molar-refractivity contribution in [2.75, 3.05) is 19.0 Å². The van der Waals surface area contributed by atoms with Crippen LogP contribution in [-0.2, 0) is 4.79 Å². The maximum Gasteiger partial charge on any atom is 0.454 e. The lowest BCUT2D eigenvalue weighted by Gasteiger charge is -2.12. The summed E-state index contributed by atoms with van der Waals surface area (Å²) in [5, 5.41) is 9.87. The highest BCUT2D eigenvalue weighted by Gasteiger charge is 2.43. The number of rotatable bonds is 3. The summed E-state index contributed by atoms with van der Waals surface area (Å²) in [7, 11) is 3.79. The highest BCUT2D eigenvalue weighted by molar-refractivity contribution is 6.01. The van der Waals surface area contributed by atoms with E-state index in [0.717, 1.165) is 11.3 Å². The normalized spacial score (nSPS) is 17.2. The van der Waals surface area contributed by atoms with Gasteiger partial charge < -0.3 is 10.0 Å². The molecule has 0 fully saturated rings. The van der Waals surface area contributed by atoms with Gasteiger partial charge >= 0.3 is 6.18 Å². The molecule has 0 saturated heterocycles. The Morgan fingerprint density at radius 3 is 2.27 bits per heavy atom. The number of anilines is 1. The molecule has 6 heteroatoms. The third kappa shape index (κ3) is 3.32. The highest BCUT2D eigenvalue weighted by Crippen LogP contribution is 2.35. The van der Waals surface area contributed by atoms with Gasteiger partial charge in [0.1, 0.15) is 5.76 Å². The topological polar surface area (TPSA) is 40.5 Å². The average Bonchev–Trinajstić information content (AvgIpc) is 2.79. The fourth-order valence-corrected chi connectivity index (χ4v) is 2.29. The first-order valence-electron chi connectivity index (χ1n) is 6.72. The monoisotopic (exact) mass is 311 g/mol. The number of Topliss-reactive ketones (excluding diaryl/α,β-unsaturated/α-hetero) is 1. The van der Waals surface area contributed by atoms with E-state index in [2.05, 4.69) is 0 Å². The molecule has 0 aliphatic heterocycles. The SMILES string of the molecule is CN(C)c1ccc(/C=C2\CCC(C(=O)C(F)(F)F)=C2O)cc1. The van der Waals surface area contributed by atoms with Gasteiger partial charge in [0.05, 0.1) is 0 Å². The average molecular weight is 311 g/mol. The van der Waals surface area contributed by atoms with Crippen LogP contribution in [0.2, 0.25) is 0 Å². The van der Waals surface area contributed by atoms with Crippen LogP contribution in [0.15, 0.2) is 41.2 Å². The van der Waals surface area contributed by atoms with Gasteiger partial charge in [-0.1, -0.05) is 12.1 Å². The van der Waals surface area contributed by atoms with Gasteiger partial charge in [0, 0.05) is 25.4 Å². The van der Waals surface area contributed by atoms with Crippen LogP contribution >= 0.6 is 0 Å². The predicted octanol–water partition coefficient (Wildman–Crippen LogP) is 3.87. The lowest BCUT2D eigenvalue weighted by molar-refractivity contribution is -0.166. The Labute approximate surface area is 126 Å². The van der Waals surface area contributed by atoms with E-state index >= 15 is 0 Å². The minimum Gasteiger partial charge on any atom is -0.507 e. The largest absolute Gasteiger partial charge is 0.507 e. The first kappa shape index (κ1) is 16.1. The van der Waals surface area contributed by atoms with Gasteiger partial charge in [-0.05, 0) is 42.2 Å². The number of carbonyl (C=O) groups is 1. The smallest absolute Gasteiger partial charge is 0.454 e. The van der Waals surface area contributed by atoms with Gasteiger partial charge in [-0.15, -0.1) is 0 Å². The maximum absolute atomic E-state index is 12.4. The fourth-order valence-electron chi connectivity index (χ4n) is 2.29. The number of halogens is 3. The summed E-state index contributed by atoms with van der Waals surface area (Å²) in [5.41, 5.74) is 1.54. The second kappa shape index (κ2) is 5.87. The second-order valence-electron chi connectivity index (χ2n) is 5.31. The van der Waals surface area contributed by atoms with Crippen molar-refractivity contribution < 1.29 is 23.1 Å². The number of carbonyl (C=O) groups excluding carboxylic acids is 1. The number of ketones is 1. The van der Waals surface area contributed by atoms with Crippen molar-refractivity contribution in [2.45, 2.75) is 19.0 Å². The Bertz CT molecular complexity index is 640. The first-order chi connectivity index (χ1) is 10.2. The Kier molecular flexibility index (Phi) is 4.30. The quantitative estimate of drug-likeness (QED) is 0.921. The molecule has 0 unspecified atom stereocenters. The highest BCUT2D eigenvalue weighted by atomic mass is 19.4. The summed E-state index contributed by atoms with van der Waals surface area (Å²) in [4.78, 5) is 13.1. The van der Waals surface area contributed by atoms with E-state index in [-0.39, 0.29) is 12.8 Å². The fraction of sp³-hybridized carbons (Fsp3) is 0.312. The van der Waals surface area contributed by atoms with Crippen molar-refractivity contribution in [1.29, 1.82) is 0 Å². The van der Waals surface area contributed by atoms with Crippen molar-refractivity contribution in [3.05, 3.63) is 46.7 Å². The Morgan fingerprint density at radius 2 is 1.77 bits per heavy atom. The van der Waals surface area contributed by atoms with Crippen LogP contribution in [0.5, 0.6) is 0 Å². The molecule has 0 amide bonds. The summed E-state index contributed by atoms with van der Waals surface area (Å²) >= 11 is 0. The zero-order chi connectivity index (χ0) is 16.5. The van der Waals surface area contributed by atoms with Crippen molar-refractivity contribution in [2.24, 2.45) is 0 Å². The summed E-state index contributed by atoms with van der Waals surface area (Å²) in [6, 6.07) is 7.34. The molecule has 0 heterocycles. The number of alkyl halides is 3. The van der Waals surface area contributed by atoms with Crippen LogP contribution in [0.4, 0.5) is 18.9 Å². The van der Waals surface area contributed by atoms with E-state index < -0.39 is 23.3 Å². The molecule has 3 nitrogen and oxygen atoms in total. The van der Waals surface area contributed by atoms with Gasteiger partial charge in [0.25, 0.3) is 5.78 Å². The van der Waals surface area contributed by atoms with Gasteiger partial charge in [0.2, 0.25) is 0 Å². The molecule has 0 bridgehead atoms. The van der Waals surface area contributed by atoms with Crippen molar-refractivity contribution in [3.63, 3.8) is 0 Å². The number of hydrogen-bond donors (Lipinski definition) is 1. The molecule has 0 spiro atoms. The third-order valence-electron chi connectivity index (χ3n) is 3.52. The van der Waals surface area contributed by atoms with Crippen molar-refractivity contribution >= 4 is 17.5 Å². The first-order valence-corrected chi connectivity index (χ1v) is 6.72. The molecule has 0 saturated carbocycles. The molecule has 0 aromatic heterocycles. The summed E-state index contributed by atoms with van der Waals surface area (Å²) in [6.07, 6.45) is -3.22. The molecule has 118 valence electrons. The lowest BCUT2D eigenvalue weighted by atomic mass is 10.1. The van der Waals surface area contributed by atoms with Crippen LogP contribution < -0.4 is 4.90 Å². The van der Waals surface area contributed by atoms with E-state index in [1.807, 2.05) is 31.1 Å². The molecule has 0 atom stereocenters. The zero-order valence-corrected chi connectivity index (χ0v) is 12.2. The van der Waals surface area contributed by atoms with E-state index in [4.69, 9.17) is 0 Å². The van der Waals surface area contributed by atoms with Crippen molar-refractivity contribution in [3.8, 4) is 0 Å². The van der Waals surface area contributed by atoms with Crippen LogP contribution in [0.3, 0.4) is 0 Å². The predicted molar refractivity (Wildman–Crippen MR) is 78.7 cm³/mol. The Hall–Kier alpha value is -2.24. The zero-order valence-electron chi connectivity index (χ0n) is 12.2. The van der Waals surface area contributed by atoms with Crippen LogP contribution in [-0.4, -0.2) is 31.2 Å². The Balaban J connectivity index is 2.27. The van der Waals surface area contributed by atoms with E-state index in [1.54, 1.807) is 18.2 Å². The van der Waals surface area contributed by atoms with Crippen LogP contribution in [0.25, 0.3) is 6.08 Å². The molecular weight excluding hydrogens is 295 g/mol. The lowest BCUT2D eigenvalue weighted by Crippen LogP contribution is -2.24. The number of nitrogens with zero attached hydrogens (tertiary/aromatic N) is 1. The number of allylic oxidation sites excluding steroid dienone is 2. The van der Waals surface area contributed by atoms with Gasteiger partial charge in [0.15, 0.2) is 0 Å². The molecule has 1 aliphatic carbocycles. The van der Waals surface area contributed by atoms with E-state index in [1.165, 1.54) is 0 Å². The minimum absolute atomic E-state index is 0.0915.